The second-order valence-electron chi connectivity index (χ2n) is 8.99. The van der Waals surface area contributed by atoms with Crippen LogP contribution < -0.4 is 10.0 Å². The highest BCUT2D eigenvalue weighted by molar-refractivity contribution is 7.92. The van der Waals surface area contributed by atoms with Crippen molar-refractivity contribution in [2.45, 2.75) is 43.4 Å². The second kappa shape index (κ2) is 10.0. The van der Waals surface area contributed by atoms with Gasteiger partial charge in [0.1, 0.15) is 0 Å². The van der Waals surface area contributed by atoms with E-state index >= 15 is 0 Å². The van der Waals surface area contributed by atoms with Gasteiger partial charge in [0.2, 0.25) is 10.0 Å². The summed E-state index contributed by atoms with van der Waals surface area (Å²) in [5.74, 6) is -0.506. The number of amides is 1. The Morgan fingerprint density at radius 3 is 2.11 bits per heavy atom. The molecule has 1 fully saturated rings. The Bertz CT molecular complexity index is 1510. The van der Waals surface area contributed by atoms with Crippen LogP contribution >= 0.6 is 0 Å². The minimum Gasteiger partial charge on any atom is -0.322 e. The van der Waals surface area contributed by atoms with Crippen LogP contribution in [-0.4, -0.2) is 40.1 Å². The van der Waals surface area contributed by atoms with Gasteiger partial charge in [0.15, 0.2) is 0 Å². The van der Waals surface area contributed by atoms with E-state index in [0.717, 1.165) is 24.0 Å². The molecule has 1 aliphatic rings. The Hall–Kier alpha value is -3.21. The van der Waals surface area contributed by atoms with Gasteiger partial charge in [0.25, 0.3) is 15.9 Å². The van der Waals surface area contributed by atoms with E-state index in [0.29, 0.717) is 30.0 Å². The smallest absolute Gasteiger partial charge is 0.262 e. The van der Waals surface area contributed by atoms with Crippen molar-refractivity contribution in [1.29, 1.82) is 0 Å². The summed E-state index contributed by atoms with van der Waals surface area (Å²) in [6.45, 7) is 6.38. The molecular formula is C26H29N3O5S2. The number of hydrogen-bond acceptors (Lipinski definition) is 5. The van der Waals surface area contributed by atoms with E-state index in [4.69, 9.17) is 0 Å². The number of carbonyl (C=O) groups excluding carboxylic acids is 1. The Kier molecular flexibility index (Phi) is 7.21. The molecule has 10 heteroatoms. The summed E-state index contributed by atoms with van der Waals surface area (Å²) in [7, 11) is -7.49. The standard InChI is InChI=1S/C26H29N3O5S2/c1-18-6-7-19(2)24(16-18)28-35(31,32)25-17-21(9-8-20(25)3)26(30)27-22-10-12-23(13-11-22)36(33,34)29-14-4-5-15-29/h6-13,16-17,28H,4-5,14-15H2,1-3H3,(H,27,30). The van der Waals surface area contributed by atoms with E-state index in [1.54, 1.807) is 25.1 Å². The van der Waals surface area contributed by atoms with E-state index in [-0.39, 0.29) is 15.4 Å². The molecule has 0 aliphatic carbocycles. The topological polar surface area (TPSA) is 113 Å². The molecule has 0 unspecified atom stereocenters. The molecule has 1 heterocycles. The van der Waals surface area contributed by atoms with Crippen molar-refractivity contribution >= 4 is 37.3 Å². The SMILES string of the molecule is Cc1ccc(C)c(NS(=O)(=O)c2cc(C(=O)Nc3ccc(S(=O)(=O)N4CCCC4)cc3)ccc2C)c1. The van der Waals surface area contributed by atoms with Gasteiger partial charge >= 0.3 is 0 Å². The third kappa shape index (κ3) is 5.45. The zero-order valence-corrected chi connectivity index (χ0v) is 22.0. The number of hydrogen-bond donors (Lipinski definition) is 2. The predicted octanol–water partition coefficient (Wildman–Crippen LogP) is 4.45. The summed E-state index contributed by atoms with van der Waals surface area (Å²) in [6, 6.07) is 15.9. The molecule has 3 aromatic rings. The van der Waals surface area contributed by atoms with Gasteiger partial charge in [-0.1, -0.05) is 18.2 Å². The van der Waals surface area contributed by atoms with Gasteiger partial charge in [-0.25, -0.2) is 16.8 Å². The predicted molar refractivity (Wildman–Crippen MR) is 140 cm³/mol. The molecule has 1 saturated heterocycles. The molecule has 0 saturated carbocycles. The molecule has 4 rings (SSSR count). The lowest BCUT2D eigenvalue weighted by Crippen LogP contribution is -2.27. The average molecular weight is 528 g/mol. The molecule has 8 nitrogen and oxygen atoms in total. The van der Waals surface area contributed by atoms with Crippen molar-refractivity contribution in [3.05, 3.63) is 82.9 Å². The average Bonchev–Trinajstić information content (AvgIpc) is 3.38. The monoisotopic (exact) mass is 527 g/mol. The first kappa shape index (κ1) is 25.9. The maximum atomic E-state index is 13.2. The Labute approximate surface area is 212 Å². The van der Waals surface area contributed by atoms with Crippen molar-refractivity contribution in [1.82, 2.24) is 4.31 Å². The molecule has 190 valence electrons. The highest BCUT2D eigenvalue weighted by atomic mass is 32.2. The fourth-order valence-electron chi connectivity index (χ4n) is 4.07. The Morgan fingerprint density at radius 2 is 1.44 bits per heavy atom. The number of anilines is 2. The first-order valence-electron chi connectivity index (χ1n) is 11.6. The molecule has 1 amide bonds. The highest BCUT2D eigenvalue weighted by Crippen LogP contribution is 2.25. The fraction of sp³-hybridized carbons (Fsp3) is 0.269. The fourth-order valence-corrected chi connectivity index (χ4v) is 6.98. The molecule has 3 aromatic carbocycles. The first-order chi connectivity index (χ1) is 17.0. The number of rotatable bonds is 7. The van der Waals surface area contributed by atoms with Gasteiger partial charge in [0.05, 0.1) is 15.5 Å². The maximum absolute atomic E-state index is 13.2. The third-order valence-corrected chi connectivity index (χ3v) is 9.61. The minimum atomic E-state index is -3.94. The van der Waals surface area contributed by atoms with Crippen LogP contribution in [0.3, 0.4) is 0 Å². The first-order valence-corrected chi connectivity index (χ1v) is 14.5. The second-order valence-corrected chi connectivity index (χ2v) is 12.6. The lowest BCUT2D eigenvalue weighted by atomic mass is 10.1. The Morgan fingerprint density at radius 1 is 0.806 bits per heavy atom. The van der Waals surface area contributed by atoms with E-state index in [2.05, 4.69) is 10.0 Å². The number of carbonyl (C=O) groups is 1. The van der Waals surface area contributed by atoms with Crippen molar-refractivity contribution in [2.24, 2.45) is 0 Å². The lowest BCUT2D eigenvalue weighted by Gasteiger charge is -2.16. The molecule has 2 N–H and O–H groups in total. The number of aryl methyl sites for hydroxylation is 3. The van der Waals surface area contributed by atoms with Crippen LogP contribution in [-0.2, 0) is 20.0 Å². The summed E-state index contributed by atoms with van der Waals surface area (Å²) >= 11 is 0. The van der Waals surface area contributed by atoms with Gasteiger partial charge in [-0.05, 0) is 92.8 Å². The molecule has 1 aliphatic heterocycles. The summed E-state index contributed by atoms with van der Waals surface area (Å²) in [6.07, 6.45) is 1.70. The summed E-state index contributed by atoms with van der Waals surface area (Å²) < 4.78 is 55.8. The summed E-state index contributed by atoms with van der Waals surface area (Å²) in [4.78, 5) is 13.1. The zero-order chi connectivity index (χ0) is 26.1. The van der Waals surface area contributed by atoms with Crippen LogP contribution in [0.1, 0.15) is 39.9 Å². The van der Waals surface area contributed by atoms with Gasteiger partial charge in [0, 0.05) is 24.3 Å². The van der Waals surface area contributed by atoms with Crippen molar-refractivity contribution in [3.63, 3.8) is 0 Å². The number of sulfonamides is 2. The van der Waals surface area contributed by atoms with Crippen LogP contribution in [0.15, 0.2) is 70.5 Å². The number of nitrogens with one attached hydrogen (secondary N) is 2. The molecular weight excluding hydrogens is 498 g/mol. The van der Waals surface area contributed by atoms with Crippen LogP contribution in [0.2, 0.25) is 0 Å². The van der Waals surface area contributed by atoms with Gasteiger partial charge in [-0.2, -0.15) is 4.31 Å². The van der Waals surface area contributed by atoms with E-state index in [1.807, 2.05) is 26.0 Å². The van der Waals surface area contributed by atoms with Crippen LogP contribution in [0, 0.1) is 20.8 Å². The van der Waals surface area contributed by atoms with Gasteiger partial charge in [-0.3, -0.25) is 9.52 Å². The van der Waals surface area contributed by atoms with Crippen LogP contribution in [0.25, 0.3) is 0 Å². The number of nitrogens with zero attached hydrogens (tertiary/aromatic N) is 1. The quantitative estimate of drug-likeness (QED) is 0.471. The zero-order valence-electron chi connectivity index (χ0n) is 20.4. The van der Waals surface area contributed by atoms with Gasteiger partial charge < -0.3 is 5.32 Å². The minimum absolute atomic E-state index is 0.00288. The summed E-state index contributed by atoms with van der Waals surface area (Å²) in [5, 5.41) is 2.71. The van der Waals surface area contributed by atoms with E-state index < -0.39 is 26.0 Å². The molecule has 0 aromatic heterocycles. The molecule has 36 heavy (non-hydrogen) atoms. The van der Waals surface area contributed by atoms with Crippen molar-refractivity contribution < 1.29 is 21.6 Å². The Balaban J connectivity index is 1.53. The molecule has 0 spiro atoms. The highest BCUT2D eigenvalue weighted by Gasteiger charge is 2.27. The van der Waals surface area contributed by atoms with E-state index in [1.165, 1.54) is 34.6 Å². The normalized spacial score (nSPS) is 14.5. The molecule has 0 atom stereocenters. The summed E-state index contributed by atoms with van der Waals surface area (Å²) in [5.41, 5.74) is 3.25. The number of benzene rings is 3. The lowest BCUT2D eigenvalue weighted by molar-refractivity contribution is 0.102. The van der Waals surface area contributed by atoms with E-state index in [9.17, 15) is 21.6 Å². The van der Waals surface area contributed by atoms with Crippen LogP contribution in [0.5, 0.6) is 0 Å². The maximum Gasteiger partial charge on any atom is 0.262 e. The van der Waals surface area contributed by atoms with Crippen molar-refractivity contribution in [3.8, 4) is 0 Å². The molecule has 0 bridgehead atoms. The largest absolute Gasteiger partial charge is 0.322 e. The third-order valence-electron chi connectivity index (χ3n) is 6.19. The van der Waals surface area contributed by atoms with Crippen LogP contribution in [0.4, 0.5) is 11.4 Å². The van der Waals surface area contributed by atoms with Gasteiger partial charge in [-0.15, -0.1) is 0 Å². The molecule has 0 radical (unpaired) electrons. The van der Waals surface area contributed by atoms with Crippen molar-refractivity contribution in [2.75, 3.05) is 23.1 Å².